The van der Waals surface area contributed by atoms with Crippen LogP contribution in [-0.4, -0.2) is 15.8 Å². The lowest BCUT2D eigenvalue weighted by Crippen LogP contribution is -2.21. The van der Waals surface area contributed by atoms with Gasteiger partial charge in [0, 0.05) is 11.1 Å². The lowest BCUT2D eigenvalue weighted by Gasteiger charge is -2.09. The van der Waals surface area contributed by atoms with Gasteiger partial charge >= 0.3 is 6.03 Å². The Kier molecular flexibility index (Phi) is 3.22. The topological polar surface area (TPSA) is 46.9 Å². The Morgan fingerprint density at radius 3 is 2.67 bits per heavy atom. The fourth-order valence-electron chi connectivity index (χ4n) is 2.42. The molecular weight excluding hydrogens is 262 g/mol. The Balaban J connectivity index is 2.00. The highest BCUT2D eigenvalue weighted by Gasteiger charge is 2.13. The summed E-state index contributed by atoms with van der Waals surface area (Å²) in [4.78, 5) is 12.5. The summed E-state index contributed by atoms with van der Waals surface area (Å²) < 4.78 is 1.42. The van der Waals surface area contributed by atoms with Crippen LogP contribution >= 0.6 is 0 Å². The third-order valence-corrected chi connectivity index (χ3v) is 3.60. The van der Waals surface area contributed by atoms with Crippen molar-refractivity contribution in [3.63, 3.8) is 0 Å². The second-order valence-corrected chi connectivity index (χ2v) is 5.26. The number of benzene rings is 2. The summed E-state index contributed by atoms with van der Waals surface area (Å²) in [6.45, 7) is 5.88. The van der Waals surface area contributed by atoms with Crippen molar-refractivity contribution < 1.29 is 4.79 Å². The lowest BCUT2D eigenvalue weighted by molar-refractivity contribution is 0.251. The zero-order valence-corrected chi connectivity index (χ0v) is 12.3. The number of carbonyl (C=O) groups excluding carboxylic acids is 1. The molecule has 0 bridgehead atoms. The van der Waals surface area contributed by atoms with Crippen molar-refractivity contribution in [3.8, 4) is 0 Å². The summed E-state index contributed by atoms with van der Waals surface area (Å²) >= 11 is 0. The molecule has 0 saturated heterocycles. The number of hydrogen-bond acceptors (Lipinski definition) is 2. The summed E-state index contributed by atoms with van der Waals surface area (Å²) in [5.74, 6) is 0. The van der Waals surface area contributed by atoms with Crippen LogP contribution in [0.4, 0.5) is 10.5 Å². The zero-order chi connectivity index (χ0) is 15.0. The van der Waals surface area contributed by atoms with Gasteiger partial charge in [0.15, 0.2) is 0 Å². The van der Waals surface area contributed by atoms with E-state index in [1.54, 1.807) is 0 Å². The van der Waals surface area contributed by atoms with Gasteiger partial charge in [-0.05, 0) is 44.0 Å². The second-order valence-electron chi connectivity index (χ2n) is 5.26. The minimum atomic E-state index is -0.243. The maximum atomic E-state index is 12.5. The molecule has 1 N–H and O–H groups in total. The minimum absolute atomic E-state index is 0.243. The Hall–Kier alpha value is -2.62. The van der Waals surface area contributed by atoms with E-state index < -0.39 is 0 Å². The molecule has 2 aromatic carbocycles. The first-order valence-corrected chi connectivity index (χ1v) is 6.89. The van der Waals surface area contributed by atoms with Crippen LogP contribution in [0, 0.1) is 20.8 Å². The van der Waals surface area contributed by atoms with Crippen molar-refractivity contribution in [3.05, 3.63) is 59.3 Å². The molecule has 0 atom stereocenters. The van der Waals surface area contributed by atoms with E-state index in [0.29, 0.717) is 0 Å². The molecule has 0 saturated carbocycles. The smallest absolute Gasteiger partial charge is 0.306 e. The van der Waals surface area contributed by atoms with Crippen LogP contribution in [-0.2, 0) is 0 Å². The standard InChI is InChI=1S/C17H17N3O/c1-11-8-9-12(2)15(10-11)18-17(21)20-16-7-5-4-6-14(16)13(3)19-20/h4-10H,1-3H3,(H,18,21). The predicted octanol–water partition coefficient (Wildman–Crippen LogP) is 4.04. The van der Waals surface area contributed by atoms with E-state index in [4.69, 9.17) is 0 Å². The van der Waals surface area contributed by atoms with E-state index in [-0.39, 0.29) is 6.03 Å². The number of carbonyl (C=O) groups is 1. The van der Waals surface area contributed by atoms with Gasteiger partial charge in [-0.15, -0.1) is 0 Å². The molecule has 0 fully saturated rings. The molecule has 0 aliphatic heterocycles. The maximum absolute atomic E-state index is 12.5. The van der Waals surface area contributed by atoms with Gasteiger partial charge in [-0.1, -0.05) is 30.3 Å². The number of anilines is 1. The molecule has 3 rings (SSSR count). The molecule has 106 valence electrons. The van der Waals surface area contributed by atoms with E-state index >= 15 is 0 Å². The van der Waals surface area contributed by atoms with Crippen molar-refractivity contribution in [2.75, 3.05) is 5.32 Å². The van der Waals surface area contributed by atoms with E-state index in [2.05, 4.69) is 10.4 Å². The summed E-state index contributed by atoms with van der Waals surface area (Å²) in [6, 6.07) is 13.5. The Morgan fingerprint density at radius 2 is 1.86 bits per heavy atom. The molecule has 4 nitrogen and oxygen atoms in total. The van der Waals surface area contributed by atoms with Crippen LogP contribution in [0.15, 0.2) is 42.5 Å². The third kappa shape index (κ3) is 2.40. The first-order valence-electron chi connectivity index (χ1n) is 6.89. The number of aromatic nitrogens is 2. The molecule has 0 aliphatic carbocycles. The molecule has 0 radical (unpaired) electrons. The number of nitrogens with zero attached hydrogens (tertiary/aromatic N) is 2. The second kappa shape index (κ2) is 5.05. The van der Waals surface area contributed by atoms with Crippen molar-refractivity contribution in [1.82, 2.24) is 9.78 Å². The van der Waals surface area contributed by atoms with E-state index in [1.807, 2.05) is 63.2 Å². The number of rotatable bonds is 1. The maximum Gasteiger partial charge on any atom is 0.347 e. The SMILES string of the molecule is Cc1ccc(C)c(NC(=O)n2nc(C)c3ccccc32)c1. The quantitative estimate of drug-likeness (QED) is 0.730. The van der Waals surface area contributed by atoms with E-state index in [0.717, 1.165) is 33.4 Å². The van der Waals surface area contributed by atoms with Gasteiger partial charge in [0.2, 0.25) is 0 Å². The number of amides is 1. The Bertz CT molecular complexity index is 833. The molecule has 1 aromatic heterocycles. The average molecular weight is 279 g/mol. The molecule has 21 heavy (non-hydrogen) atoms. The summed E-state index contributed by atoms with van der Waals surface area (Å²) in [7, 11) is 0. The summed E-state index contributed by atoms with van der Waals surface area (Å²) in [6.07, 6.45) is 0. The van der Waals surface area contributed by atoms with E-state index in [9.17, 15) is 4.79 Å². The van der Waals surface area contributed by atoms with Crippen molar-refractivity contribution in [2.45, 2.75) is 20.8 Å². The molecule has 1 heterocycles. The molecule has 4 heteroatoms. The summed E-state index contributed by atoms with van der Waals surface area (Å²) in [5.41, 5.74) is 4.62. The number of fused-ring (bicyclic) bond motifs is 1. The van der Waals surface area contributed by atoms with Gasteiger partial charge in [-0.25, -0.2) is 4.79 Å². The third-order valence-electron chi connectivity index (χ3n) is 3.60. The van der Waals surface area contributed by atoms with Gasteiger partial charge in [0.1, 0.15) is 0 Å². The van der Waals surface area contributed by atoms with Crippen LogP contribution in [0.25, 0.3) is 10.9 Å². The van der Waals surface area contributed by atoms with Crippen molar-refractivity contribution in [2.24, 2.45) is 0 Å². The zero-order valence-electron chi connectivity index (χ0n) is 12.3. The molecule has 0 aliphatic rings. The fourth-order valence-corrected chi connectivity index (χ4v) is 2.42. The highest BCUT2D eigenvalue weighted by Crippen LogP contribution is 2.20. The highest BCUT2D eigenvalue weighted by molar-refractivity contribution is 5.98. The van der Waals surface area contributed by atoms with Crippen LogP contribution in [0.3, 0.4) is 0 Å². The van der Waals surface area contributed by atoms with Crippen LogP contribution in [0.5, 0.6) is 0 Å². The van der Waals surface area contributed by atoms with Gasteiger partial charge in [0.25, 0.3) is 0 Å². The van der Waals surface area contributed by atoms with Crippen LogP contribution in [0.2, 0.25) is 0 Å². The minimum Gasteiger partial charge on any atom is -0.306 e. The number of hydrogen-bond donors (Lipinski definition) is 1. The first-order chi connectivity index (χ1) is 10.1. The number of aryl methyl sites for hydroxylation is 3. The Labute approximate surface area is 123 Å². The fraction of sp³-hybridized carbons (Fsp3) is 0.176. The van der Waals surface area contributed by atoms with Crippen LogP contribution < -0.4 is 5.32 Å². The number of nitrogens with one attached hydrogen (secondary N) is 1. The Morgan fingerprint density at radius 1 is 1.10 bits per heavy atom. The molecule has 3 aromatic rings. The van der Waals surface area contributed by atoms with Gasteiger partial charge in [-0.3, -0.25) is 0 Å². The largest absolute Gasteiger partial charge is 0.347 e. The monoisotopic (exact) mass is 279 g/mol. The lowest BCUT2D eigenvalue weighted by atomic mass is 10.1. The summed E-state index contributed by atoms with van der Waals surface area (Å²) in [5, 5.41) is 8.27. The van der Waals surface area contributed by atoms with Gasteiger partial charge in [-0.2, -0.15) is 9.78 Å². The highest BCUT2D eigenvalue weighted by atomic mass is 16.2. The normalized spacial score (nSPS) is 10.8. The van der Waals surface area contributed by atoms with Gasteiger partial charge in [0.05, 0.1) is 11.2 Å². The molecular formula is C17H17N3O. The van der Waals surface area contributed by atoms with Gasteiger partial charge < -0.3 is 5.32 Å². The molecule has 0 unspecified atom stereocenters. The van der Waals surface area contributed by atoms with Crippen molar-refractivity contribution >= 4 is 22.6 Å². The first kappa shape index (κ1) is 13.4. The molecule has 1 amide bonds. The number of para-hydroxylation sites is 1. The molecule has 0 spiro atoms. The predicted molar refractivity (Wildman–Crippen MR) is 84.8 cm³/mol. The van der Waals surface area contributed by atoms with Crippen LogP contribution in [0.1, 0.15) is 16.8 Å². The average Bonchev–Trinajstić information content (AvgIpc) is 2.81. The van der Waals surface area contributed by atoms with E-state index in [1.165, 1.54) is 4.68 Å². The van der Waals surface area contributed by atoms with Crippen molar-refractivity contribution in [1.29, 1.82) is 0 Å².